The first-order valence-corrected chi connectivity index (χ1v) is 5.29. The van der Waals surface area contributed by atoms with Crippen molar-refractivity contribution in [3.8, 4) is 0 Å². The lowest BCUT2D eigenvalue weighted by atomic mass is 10.4. The molecule has 0 unspecified atom stereocenters. The third-order valence-corrected chi connectivity index (χ3v) is 2.50. The maximum atomic E-state index is 11.8. The average Bonchev–Trinajstić information content (AvgIpc) is 2.11. The number of H-pyrrole nitrogens is 1. The van der Waals surface area contributed by atoms with Gasteiger partial charge in [-0.25, -0.2) is 4.79 Å². The predicted molar refractivity (Wildman–Crippen MR) is 54.6 cm³/mol. The number of halogens is 3. The smallest absolute Gasteiger partial charge is 0.299 e. The molecular weight excluding hydrogens is 245 g/mol. The van der Waals surface area contributed by atoms with Gasteiger partial charge in [0.25, 0.3) is 5.56 Å². The van der Waals surface area contributed by atoms with Gasteiger partial charge in [-0.2, -0.15) is 13.2 Å². The summed E-state index contributed by atoms with van der Waals surface area (Å²) < 4.78 is 36.5. The minimum absolute atomic E-state index is 0.0966. The quantitative estimate of drug-likeness (QED) is 0.878. The molecule has 8 heteroatoms. The summed E-state index contributed by atoms with van der Waals surface area (Å²) >= 11 is -0.205. The Labute approximate surface area is 92.5 Å². The van der Waals surface area contributed by atoms with E-state index in [4.69, 9.17) is 0 Å². The number of nitrogens with zero attached hydrogens (tertiary/aromatic N) is 1. The Bertz CT molecular complexity index is 477. The van der Waals surface area contributed by atoms with Gasteiger partial charge in [0.15, 0.2) is 0 Å². The highest BCUT2D eigenvalue weighted by molar-refractivity contribution is 8.00. The number of aryl methyl sites for hydroxylation is 2. The van der Waals surface area contributed by atoms with E-state index >= 15 is 0 Å². The first kappa shape index (κ1) is 12.9. The fourth-order valence-corrected chi connectivity index (χ4v) is 1.56. The zero-order chi connectivity index (χ0) is 12.3. The lowest BCUT2D eigenvalue weighted by Crippen LogP contribution is -2.31. The fraction of sp³-hybridized carbons (Fsp3) is 0.500. The molecule has 0 aromatic carbocycles. The van der Waals surface area contributed by atoms with Crippen molar-refractivity contribution in [3.63, 3.8) is 0 Å². The molecule has 90 valence electrons. The number of rotatable bonds is 3. The molecule has 0 amide bonds. The second-order valence-corrected chi connectivity index (χ2v) is 4.22. The molecule has 0 aliphatic heterocycles. The normalized spacial score (nSPS) is 11.8. The number of hydrogen-bond acceptors (Lipinski definition) is 3. The number of aromatic amines is 1. The summed E-state index contributed by atoms with van der Waals surface area (Å²) in [5.74, 6) is -0.269. The summed E-state index contributed by atoms with van der Waals surface area (Å²) in [6, 6.07) is 0. The molecule has 0 fully saturated rings. The molecule has 1 aromatic heterocycles. The number of aromatic nitrogens is 2. The summed E-state index contributed by atoms with van der Waals surface area (Å²) in [7, 11) is 0. The predicted octanol–water partition coefficient (Wildman–Crippen LogP) is 1.10. The molecule has 16 heavy (non-hydrogen) atoms. The third kappa shape index (κ3) is 3.76. The van der Waals surface area contributed by atoms with Crippen molar-refractivity contribution in [2.24, 2.45) is 0 Å². The molecule has 0 saturated carbocycles. The van der Waals surface area contributed by atoms with Crippen molar-refractivity contribution in [3.05, 3.63) is 32.6 Å². The maximum Gasteiger partial charge on any atom is 0.441 e. The average molecular weight is 254 g/mol. The lowest BCUT2D eigenvalue weighted by Gasteiger charge is -2.07. The second-order valence-electron chi connectivity index (χ2n) is 3.06. The Morgan fingerprint density at radius 1 is 1.44 bits per heavy atom. The molecule has 1 rings (SSSR count). The van der Waals surface area contributed by atoms with Gasteiger partial charge in [-0.3, -0.25) is 14.3 Å². The minimum Gasteiger partial charge on any atom is -0.299 e. The minimum atomic E-state index is -4.30. The van der Waals surface area contributed by atoms with E-state index in [-0.39, 0.29) is 29.6 Å². The van der Waals surface area contributed by atoms with Gasteiger partial charge in [0.05, 0.1) is 0 Å². The van der Waals surface area contributed by atoms with Crippen LogP contribution in [-0.2, 0) is 6.54 Å². The van der Waals surface area contributed by atoms with Crippen molar-refractivity contribution >= 4 is 11.8 Å². The zero-order valence-electron chi connectivity index (χ0n) is 8.30. The summed E-state index contributed by atoms with van der Waals surface area (Å²) in [6.45, 7) is 1.38. The highest BCUT2D eigenvalue weighted by atomic mass is 32.2. The highest BCUT2D eigenvalue weighted by Gasteiger charge is 2.27. The summed E-state index contributed by atoms with van der Waals surface area (Å²) in [4.78, 5) is 24.2. The van der Waals surface area contributed by atoms with Gasteiger partial charge in [0, 0.05) is 24.1 Å². The Hall–Kier alpha value is -1.18. The largest absolute Gasteiger partial charge is 0.441 e. The van der Waals surface area contributed by atoms with Crippen molar-refractivity contribution in [2.75, 3.05) is 5.75 Å². The third-order valence-electron chi connectivity index (χ3n) is 1.79. The van der Waals surface area contributed by atoms with Gasteiger partial charge in [-0.05, 0) is 18.7 Å². The second kappa shape index (κ2) is 4.77. The van der Waals surface area contributed by atoms with Gasteiger partial charge in [-0.1, -0.05) is 0 Å². The van der Waals surface area contributed by atoms with E-state index in [0.717, 1.165) is 4.57 Å². The van der Waals surface area contributed by atoms with Gasteiger partial charge < -0.3 is 0 Å². The van der Waals surface area contributed by atoms with E-state index in [1.54, 1.807) is 0 Å². The molecule has 0 saturated heterocycles. The molecule has 1 N–H and O–H groups in total. The SMILES string of the molecule is Cc1cn(CCSC(F)(F)F)c(=O)[nH]c1=O. The summed E-state index contributed by atoms with van der Waals surface area (Å²) in [5.41, 5.74) is -5.24. The number of nitrogens with one attached hydrogen (secondary N) is 1. The molecule has 0 aliphatic rings. The monoisotopic (exact) mass is 254 g/mol. The number of hydrogen-bond donors (Lipinski definition) is 1. The summed E-state index contributed by atoms with van der Waals surface area (Å²) in [5, 5.41) is 0. The number of thioether (sulfide) groups is 1. The molecule has 0 spiro atoms. The van der Waals surface area contributed by atoms with Crippen LogP contribution in [0.1, 0.15) is 5.56 Å². The first-order chi connectivity index (χ1) is 7.29. The van der Waals surface area contributed by atoms with Gasteiger partial charge in [-0.15, -0.1) is 0 Å². The topological polar surface area (TPSA) is 54.9 Å². The molecule has 1 heterocycles. The van der Waals surface area contributed by atoms with Crippen LogP contribution in [0.3, 0.4) is 0 Å². The van der Waals surface area contributed by atoms with E-state index in [1.807, 2.05) is 4.98 Å². The number of alkyl halides is 3. The van der Waals surface area contributed by atoms with Crippen LogP contribution in [0.4, 0.5) is 13.2 Å². The van der Waals surface area contributed by atoms with Crippen LogP contribution in [0.2, 0.25) is 0 Å². The van der Waals surface area contributed by atoms with Crippen LogP contribution in [-0.4, -0.2) is 20.8 Å². The molecule has 0 bridgehead atoms. The zero-order valence-corrected chi connectivity index (χ0v) is 9.11. The van der Waals surface area contributed by atoms with Crippen molar-refractivity contribution in [2.45, 2.75) is 19.0 Å². The summed E-state index contributed by atoms with van der Waals surface area (Å²) in [6.07, 6.45) is 1.25. The van der Waals surface area contributed by atoms with Crippen LogP contribution in [0.5, 0.6) is 0 Å². The molecule has 4 nitrogen and oxygen atoms in total. The molecular formula is C8H9F3N2O2S. The van der Waals surface area contributed by atoms with E-state index in [0.29, 0.717) is 0 Å². The van der Waals surface area contributed by atoms with Crippen LogP contribution in [0.15, 0.2) is 15.8 Å². The molecule has 1 aromatic rings. The Morgan fingerprint density at radius 3 is 2.62 bits per heavy atom. The lowest BCUT2D eigenvalue weighted by molar-refractivity contribution is -0.0328. The Kier molecular flexibility index (Phi) is 3.84. The Balaban J connectivity index is 2.72. The molecule has 0 aliphatic carbocycles. The van der Waals surface area contributed by atoms with Crippen LogP contribution < -0.4 is 11.2 Å². The van der Waals surface area contributed by atoms with Crippen LogP contribution >= 0.6 is 11.8 Å². The van der Waals surface area contributed by atoms with E-state index < -0.39 is 16.8 Å². The Morgan fingerprint density at radius 2 is 2.06 bits per heavy atom. The van der Waals surface area contributed by atoms with Gasteiger partial charge in [0.2, 0.25) is 0 Å². The van der Waals surface area contributed by atoms with Crippen LogP contribution in [0, 0.1) is 6.92 Å². The van der Waals surface area contributed by atoms with Crippen molar-refractivity contribution < 1.29 is 13.2 Å². The highest BCUT2D eigenvalue weighted by Crippen LogP contribution is 2.29. The van der Waals surface area contributed by atoms with Gasteiger partial charge in [0.1, 0.15) is 0 Å². The fourth-order valence-electron chi connectivity index (χ4n) is 1.04. The molecule has 0 radical (unpaired) electrons. The maximum absolute atomic E-state index is 11.8. The van der Waals surface area contributed by atoms with Gasteiger partial charge >= 0.3 is 11.2 Å². The first-order valence-electron chi connectivity index (χ1n) is 4.30. The van der Waals surface area contributed by atoms with Crippen molar-refractivity contribution in [1.82, 2.24) is 9.55 Å². The van der Waals surface area contributed by atoms with E-state index in [2.05, 4.69) is 0 Å². The molecule has 0 atom stereocenters. The van der Waals surface area contributed by atoms with Crippen LogP contribution in [0.25, 0.3) is 0 Å². The standard InChI is InChI=1S/C8H9F3N2O2S/c1-5-4-13(7(15)12-6(5)14)2-3-16-8(9,10)11/h4H,2-3H2,1H3,(H,12,14,15). The van der Waals surface area contributed by atoms with E-state index in [9.17, 15) is 22.8 Å². The van der Waals surface area contributed by atoms with Crippen molar-refractivity contribution in [1.29, 1.82) is 0 Å². The van der Waals surface area contributed by atoms with E-state index in [1.165, 1.54) is 13.1 Å².